The van der Waals surface area contributed by atoms with Gasteiger partial charge < -0.3 is 22.1 Å². The van der Waals surface area contributed by atoms with E-state index in [1.807, 2.05) is 0 Å². The summed E-state index contributed by atoms with van der Waals surface area (Å²) in [6.45, 7) is 0.514. The molecule has 3 aromatic rings. The quantitative estimate of drug-likeness (QED) is 0.178. The number of nitrogen functional groups attached to an aromatic ring is 1. The van der Waals surface area contributed by atoms with Gasteiger partial charge in [-0.25, -0.2) is 0 Å². The molecule has 0 saturated heterocycles. The maximum Gasteiger partial charge on any atom is 0.295 e. The molecular weight excluding hydrogens is 518 g/mol. The van der Waals surface area contributed by atoms with Gasteiger partial charge in [-0.2, -0.15) is 40.2 Å². The summed E-state index contributed by atoms with van der Waals surface area (Å²) in [6.07, 6.45) is 0. The molecule has 0 bridgehead atoms. The van der Waals surface area contributed by atoms with E-state index in [9.17, 15) is 38.9 Å². The number of nitrogens with one attached hydrogen (secondary N) is 2. The lowest BCUT2D eigenvalue weighted by atomic mass is 10.1. The van der Waals surface area contributed by atoms with Crippen molar-refractivity contribution in [1.29, 1.82) is 0 Å². The van der Waals surface area contributed by atoms with Crippen LogP contribution in [0.2, 0.25) is 0 Å². The average molecular weight is 536 g/mol. The van der Waals surface area contributed by atoms with Gasteiger partial charge in [-0.15, -0.1) is 0 Å². The number of hydrogen-bond donors (Lipinski definition) is 7. The first kappa shape index (κ1) is 25.4. The number of fused-ring (bicyclic) bond motifs is 1. The third-order valence-corrected chi connectivity index (χ3v) is 6.78. The molecule has 0 unspecified atom stereocenters. The highest BCUT2D eigenvalue weighted by atomic mass is 32.2. The number of aromatic nitrogens is 3. The molecular formula is C15H17N7O9S3. The molecule has 0 aliphatic heterocycles. The van der Waals surface area contributed by atoms with Crippen molar-refractivity contribution in [2.75, 3.05) is 29.5 Å². The smallest absolute Gasteiger partial charge is 0.295 e. The van der Waals surface area contributed by atoms with Gasteiger partial charge in [0.25, 0.3) is 30.4 Å². The normalized spacial score (nSPS) is 12.6. The highest BCUT2D eigenvalue weighted by Gasteiger charge is 2.25. The minimum absolute atomic E-state index is 0.00709. The Bertz CT molecular complexity index is 1610. The zero-order valence-electron chi connectivity index (χ0n) is 16.7. The molecule has 0 aliphatic rings. The van der Waals surface area contributed by atoms with Crippen LogP contribution in [-0.4, -0.2) is 67.0 Å². The molecule has 16 nitrogen and oxygen atoms in total. The second-order valence-electron chi connectivity index (χ2n) is 6.60. The molecule has 0 atom stereocenters. The molecule has 0 fully saturated rings. The van der Waals surface area contributed by atoms with E-state index in [-0.39, 0.29) is 36.6 Å². The van der Waals surface area contributed by atoms with Crippen LogP contribution in [0.15, 0.2) is 39.0 Å². The summed E-state index contributed by atoms with van der Waals surface area (Å²) in [7, 11) is -15.3. The van der Waals surface area contributed by atoms with Crippen molar-refractivity contribution in [3.63, 3.8) is 0 Å². The summed E-state index contributed by atoms with van der Waals surface area (Å²) < 4.78 is 99.6. The minimum Gasteiger partial charge on any atom is -0.368 e. The Morgan fingerprint density at radius 1 is 0.765 bits per heavy atom. The number of rotatable bonds is 8. The largest absolute Gasteiger partial charge is 0.368 e. The van der Waals surface area contributed by atoms with Gasteiger partial charge in [0.05, 0.1) is 4.90 Å². The lowest BCUT2D eigenvalue weighted by molar-refractivity contribution is 0.478. The summed E-state index contributed by atoms with van der Waals surface area (Å²) in [5.41, 5.74) is 10.8. The standard InChI is InChI=1S/C15H17N7O9S3/c16-1-2-18-14-20-13(17)21-15(22-14)19-7-3-9-10(11(4-7)33(26,27)28)5-8(32(23,24)25)6-12(9)34(29,30)31/h3-6H,1-2,16H2,(H,23,24,25)(H,26,27,28)(H,29,30,31)(H4,17,18,19,20,21,22). The molecule has 34 heavy (non-hydrogen) atoms. The van der Waals surface area contributed by atoms with Crippen LogP contribution in [0.1, 0.15) is 0 Å². The summed E-state index contributed by atoms with van der Waals surface area (Å²) in [6, 6.07) is 2.85. The fourth-order valence-corrected chi connectivity index (χ4v) is 4.91. The van der Waals surface area contributed by atoms with Gasteiger partial charge in [0.2, 0.25) is 17.8 Å². The van der Waals surface area contributed by atoms with E-state index in [4.69, 9.17) is 11.5 Å². The Morgan fingerprint density at radius 2 is 1.32 bits per heavy atom. The van der Waals surface area contributed by atoms with E-state index in [2.05, 4.69) is 25.6 Å². The molecule has 1 aromatic heterocycles. The molecule has 184 valence electrons. The van der Waals surface area contributed by atoms with Crippen molar-refractivity contribution in [3.8, 4) is 0 Å². The topological polar surface area (TPSA) is 278 Å². The van der Waals surface area contributed by atoms with Crippen molar-refractivity contribution in [2.45, 2.75) is 14.7 Å². The molecule has 1 heterocycles. The first-order valence-corrected chi connectivity index (χ1v) is 13.2. The highest BCUT2D eigenvalue weighted by Crippen LogP contribution is 2.35. The Hall–Kier alpha value is -3.20. The van der Waals surface area contributed by atoms with Gasteiger partial charge in [-0.05, 0) is 24.3 Å². The highest BCUT2D eigenvalue weighted by molar-refractivity contribution is 7.87. The zero-order valence-corrected chi connectivity index (χ0v) is 19.2. The van der Waals surface area contributed by atoms with Gasteiger partial charge in [-0.1, -0.05) is 0 Å². The fourth-order valence-electron chi connectivity index (χ4n) is 2.86. The molecule has 0 spiro atoms. The van der Waals surface area contributed by atoms with Crippen LogP contribution in [0, 0.1) is 0 Å². The molecule has 0 saturated carbocycles. The molecule has 0 amide bonds. The predicted molar refractivity (Wildman–Crippen MR) is 118 cm³/mol. The Kier molecular flexibility index (Phi) is 6.63. The maximum absolute atomic E-state index is 12.0. The van der Waals surface area contributed by atoms with Crippen LogP contribution in [-0.2, 0) is 30.4 Å². The molecule has 3 rings (SSSR count). The maximum atomic E-state index is 12.0. The van der Waals surface area contributed by atoms with Gasteiger partial charge in [0.1, 0.15) is 9.79 Å². The zero-order chi connectivity index (χ0) is 25.5. The van der Waals surface area contributed by atoms with E-state index in [0.717, 1.165) is 12.1 Å². The molecule has 0 radical (unpaired) electrons. The van der Waals surface area contributed by atoms with E-state index in [0.29, 0.717) is 12.1 Å². The van der Waals surface area contributed by atoms with Crippen LogP contribution in [0.4, 0.5) is 23.5 Å². The minimum atomic E-state index is -5.15. The first-order valence-electron chi connectivity index (χ1n) is 8.86. The fraction of sp³-hybridized carbons (Fsp3) is 0.133. The van der Waals surface area contributed by atoms with E-state index >= 15 is 0 Å². The second kappa shape index (κ2) is 8.87. The summed E-state index contributed by atoms with van der Waals surface area (Å²) >= 11 is 0. The Balaban J connectivity index is 2.32. The van der Waals surface area contributed by atoms with Gasteiger partial charge in [0, 0.05) is 29.5 Å². The molecule has 0 aliphatic carbocycles. The number of anilines is 4. The van der Waals surface area contributed by atoms with Gasteiger partial charge >= 0.3 is 0 Å². The van der Waals surface area contributed by atoms with Crippen molar-refractivity contribution in [1.82, 2.24) is 15.0 Å². The predicted octanol–water partition coefficient (Wildman–Crippen LogP) is -0.539. The molecule has 9 N–H and O–H groups in total. The number of hydrogen-bond acceptors (Lipinski definition) is 13. The van der Waals surface area contributed by atoms with Crippen molar-refractivity contribution in [3.05, 3.63) is 24.3 Å². The summed E-state index contributed by atoms with van der Waals surface area (Å²) in [4.78, 5) is 8.55. The van der Waals surface area contributed by atoms with E-state index in [1.54, 1.807) is 0 Å². The monoisotopic (exact) mass is 535 g/mol. The van der Waals surface area contributed by atoms with Crippen LogP contribution in [0.5, 0.6) is 0 Å². The number of nitrogens with two attached hydrogens (primary N) is 2. The van der Waals surface area contributed by atoms with Gasteiger partial charge in [-0.3, -0.25) is 13.7 Å². The number of benzene rings is 2. The van der Waals surface area contributed by atoms with Crippen LogP contribution in [0.25, 0.3) is 10.8 Å². The van der Waals surface area contributed by atoms with Crippen molar-refractivity contribution in [2.24, 2.45) is 5.73 Å². The van der Waals surface area contributed by atoms with Crippen LogP contribution >= 0.6 is 0 Å². The van der Waals surface area contributed by atoms with Crippen molar-refractivity contribution < 1.29 is 38.9 Å². The van der Waals surface area contributed by atoms with Gasteiger partial charge in [0.15, 0.2) is 0 Å². The Labute approximate surface area is 192 Å². The molecule has 2 aromatic carbocycles. The van der Waals surface area contributed by atoms with Crippen LogP contribution < -0.4 is 22.1 Å². The molecule has 19 heteroatoms. The van der Waals surface area contributed by atoms with E-state index < -0.39 is 55.8 Å². The van der Waals surface area contributed by atoms with Crippen molar-refractivity contribution >= 4 is 64.7 Å². The number of nitrogens with zero attached hydrogens (tertiary/aromatic N) is 3. The summed E-state index contributed by atoms with van der Waals surface area (Å²) in [5.74, 6) is -0.465. The first-order chi connectivity index (χ1) is 15.6. The average Bonchev–Trinajstić information content (AvgIpc) is 2.68. The second-order valence-corrected chi connectivity index (χ2v) is 10.8. The summed E-state index contributed by atoms with van der Waals surface area (Å²) in [5, 5.41) is 4.15. The lowest BCUT2D eigenvalue weighted by Gasteiger charge is -2.14. The van der Waals surface area contributed by atoms with Crippen LogP contribution in [0.3, 0.4) is 0 Å². The third-order valence-electron chi connectivity index (χ3n) is 4.16. The Morgan fingerprint density at radius 3 is 1.88 bits per heavy atom. The van der Waals surface area contributed by atoms with E-state index in [1.165, 1.54) is 0 Å². The SMILES string of the molecule is NCCNc1nc(N)nc(Nc2cc(S(=O)(=O)O)c3cc(S(=O)(=O)O)cc(S(=O)(=O)O)c3c2)n1. The lowest BCUT2D eigenvalue weighted by Crippen LogP contribution is -2.16. The third kappa shape index (κ3) is 5.64.